The molecule has 0 saturated heterocycles. The quantitative estimate of drug-likeness (QED) is 0.923. The first-order chi connectivity index (χ1) is 8.88. The molecule has 1 aliphatic rings. The Hall–Kier alpha value is -1.07. The molecule has 0 radical (unpaired) electrons. The van der Waals surface area contributed by atoms with E-state index < -0.39 is 10.0 Å². The summed E-state index contributed by atoms with van der Waals surface area (Å²) in [6.45, 7) is 4.04. The lowest BCUT2D eigenvalue weighted by Gasteiger charge is -2.19. The van der Waals surface area contributed by atoms with Gasteiger partial charge in [-0.15, -0.1) is 0 Å². The summed E-state index contributed by atoms with van der Waals surface area (Å²) in [5.74, 6) is 0.979. The van der Waals surface area contributed by atoms with Crippen LogP contribution < -0.4 is 9.88 Å². The van der Waals surface area contributed by atoms with Crippen LogP contribution in [0.2, 0.25) is 0 Å². The first-order valence-corrected chi connectivity index (χ1v) is 8.26. The Morgan fingerprint density at radius 2 is 1.89 bits per heavy atom. The normalized spacial score (nSPS) is 17.1. The summed E-state index contributed by atoms with van der Waals surface area (Å²) in [6, 6.07) is 4.88. The fraction of sp³-hybridized carbons (Fsp3) is 0.571. The van der Waals surface area contributed by atoms with Crippen LogP contribution in [0, 0.1) is 0 Å². The average Bonchev–Trinajstić information content (AvgIpc) is 2.80. The summed E-state index contributed by atoms with van der Waals surface area (Å²) in [4.78, 5) is 0.148. The van der Waals surface area contributed by atoms with E-state index in [1.807, 2.05) is 13.8 Å². The highest BCUT2D eigenvalue weighted by molar-refractivity contribution is 7.89. The molecule has 2 rings (SSSR count). The van der Waals surface area contributed by atoms with Crippen molar-refractivity contribution in [2.45, 2.75) is 56.4 Å². The van der Waals surface area contributed by atoms with Crippen molar-refractivity contribution in [1.29, 1.82) is 0 Å². The molecule has 0 aliphatic heterocycles. The zero-order chi connectivity index (χ0) is 14.0. The fourth-order valence-electron chi connectivity index (χ4n) is 2.45. The van der Waals surface area contributed by atoms with Crippen molar-refractivity contribution >= 4 is 10.0 Å². The van der Waals surface area contributed by atoms with Gasteiger partial charge in [-0.25, -0.2) is 13.6 Å². The molecule has 0 spiro atoms. The number of hydrogen-bond acceptors (Lipinski definition) is 3. The second-order valence-electron chi connectivity index (χ2n) is 5.42. The van der Waals surface area contributed by atoms with Crippen molar-refractivity contribution in [2.24, 2.45) is 5.14 Å². The van der Waals surface area contributed by atoms with Crippen LogP contribution in [0.3, 0.4) is 0 Å². The van der Waals surface area contributed by atoms with E-state index in [2.05, 4.69) is 0 Å². The third-order valence-electron chi connectivity index (χ3n) is 3.53. The topological polar surface area (TPSA) is 69.4 Å². The Morgan fingerprint density at radius 1 is 1.26 bits per heavy atom. The zero-order valence-corrected chi connectivity index (χ0v) is 12.2. The first-order valence-electron chi connectivity index (χ1n) is 6.71. The van der Waals surface area contributed by atoms with Gasteiger partial charge in [-0.1, -0.05) is 13.8 Å². The summed E-state index contributed by atoms with van der Waals surface area (Å²) >= 11 is 0. The van der Waals surface area contributed by atoms with Gasteiger partial charge < -0.3 is 4.74 Å². The van der Waals surface area contributed by atoms with Gasteiger partial charge in [0.05, 0.1) is 11.0 Å². The van der Waals surface area contributed by atoms with Gasteiger partial charge in [-0.05, 0) is 55.4 Å². The number of ether oxygens (including phenoxy) is 1. The highest BCUT2D eigenvalue weighted by atomic mass is 32.2. The summed E-state index contributed by atoms with van der Waals surface area (Å²) in [5, 5.41) is 5.17. The van der Waals surface area contributed by atoms with Crippen LogP contribution in [0.5, 0.6) is 5.75 Å². The van der Waals surface area contributed by atoms with Crippen molar-refractivity contribution in [1.82, 2.24) is 0 Å². The number of primary sulfonamides is 1. The molecular formula is C14H21NO3S. The largest absolute Gasteiger partial charge is 0.490 e. The Kier molecular flexibility index (Phi) is 4.16. The molecule has 4 nitrogen and oxygen atoms in total. The molecule has 0 aromatic heterocycles. The highest BCUT2D eigenvalue weighted by Gasteiger charge is 2.20. The molecule has 2 N–H and O–H groups in total. The lowest BCUT2D eigenvalue weighted by Crippen LogP contribution is -2.15. The highest BCUT2D eigenvalue weighted by Crippen LogP contribution is 2.32. The summed E-state index contributed by atoms with van der Waals surface area (Å²) < 4.78 is 28.8. The van der Waals surface area contributed by atoms with E-state index in [-0.39, 0.29) is 16.9 Å². The third kappa shape index (κ3) is 3.48. The second-order valence-corrected chi connectivity index (χ2v) is 6.99. The Labute approximate surface area is 115 Å². The molecule has 0 atom stereocenters. The second kappa shape index (κ2) is 5.51. The van der Waals surface area contributed by atoms with Crippen molar-refractivity contribution in [3.05, 3.63) is 23.8 Å². The Balaban J connectivity index is 2.32. The number of nitrogens with two attached hydrogens (primary N) is 1. The molecule has 1 aliphatic carbocycles. The lowest BCUT2D eigenvalue weighted by atomic mass is 10.0. The molecule has 1 fully saturated rings. The van der Waals surface area contributed by atoms with Gasteiger partial charge in [0, 0.05) is 0 Å². The van der Waals surface area contributed by atoms with Gasteiger partial charge in [0.1, 0.15) is 5.75 Å². The molecule has 19 heavy (non-hydrogen) atoms. The minimum atomic E-state index is -3.66. The first kappa shape index (κ1) is 14.3. The van der Waals surface area contributed by atoms with Gasteiger partial charge >= 0.3 is 0 Å². The number of sulfonamides is 1. The molecule has 106 valence electrons. The molecule has 1 saturated carbocycles. The Bertz CT molecular complexity index is 546. The zero-order valence-electron chi connectivity index (χ0n) is 11.4. The predicted molar refractivity (Wildman–Crippen MR) is 74.8 cm³/mol. The van der Waals surface area contributed by atoms with Gasteiger partial charge in [0.25, 0.3) is 0 Å². The van der Waals surface area contributed by atoms with Crippen LogP contribution in [0.4, 0.5) is 0 Å². The molecule has 0 heterocycles. The van der Waals surface area contributed by atoms with Crippen molar-refractivity contribution in [3.8, 4) is 5.75 Å². The van der Waals surface area contributed by atoms with Crippen LogP contribution in [0.1, 0.15) is 51.0 Å². The average molecular weight is 283 g/mol. The van der Waals surface area contributed by atoms with Crippen LogP contribution in [-0.4, -0.2) is 14.5 Å². The Morgan fingerprint density at radius 3 is 2.42 bits per heavy atom. The van der Waals surface area contributed by atoms with Gasteiger partial charge in [0.15, 0.2) is 0 Å². The SMILES string of the molecule is CC(C)c1cc(S(N)(=O)=O)ccc1OC1CCCC1. The molecule has 0 unspecified atom stereocenters. The summed E-state index contributed by atoms with van der Waals surface area (Å²) in [7, 11) is -3.66. The summed E-state index contributed by atoms with van der Waals surface area (Å²) in [5.41, 5.74) is 0.901. The van der Waals surface area contributed by atoms with Crippen LogP contribution in [-0.2, 0) is 10.0 Å². The maximum Gasteiger partial charge on any atom is 0.238 e. The van der Waals surface area contributed by atoms with E-state index >= 15 is 0 Å². The maximum atomic E-state index is 11.4. The number of benzene rings is 1. The van der Waals surface area contributed by atoms with Crippen molar-refractivity contribution in [2.75, 3.05) is 0 Å². The van der Waals surface area contributed by atoms with E-state index in [1.54, 1.807) is 12.1 Å². The lowest BCUT2D eigenvalue weighted by molar-refractivity contribution is 0.207. The molecular weight excluding hydrogens is 262 g/mol. The smallest absolute Gasteiger partial charge is 0.238 e. The summed E-state index contributed by atoms with van der Waals surface area (Å²) in [6.07, 6.45) is 4.83. The maximum absolute atomic E-state index is 11.4. The van der Waals surface area contributed by atoms with Gasteiger partial charge in [-0.2, -0.15) is 0 Å². The molecule has 5 heteroatoms. The van der Waals surface area contributed by atoms with Crippen LogP contribution >= 0.6 is 0 Å². The monoisotopic (exact) mass is 283 g/mol. The van der Waals surface area contributed by atoms with Crippen molar-refractivity contribution in [3.63, 3.8) is 0 Å². The molecule has 0 bridgehead atoms. The molecule has 1 aromatic carbocycles. The predicted octanol–water partition coefficient (Wildman–Crippen LogP) is 2.78. The van der Waals surface area contributed by atoms with Crippen LogP contribution in [0.15, 0.2) is 23.1 Å². The van der Waals surface area contributed by atoms with E-state index in [1.165, 1.54) is 18.9 Å². The minimum absolute atomic E-state index is 0.148. The number of rotatable bonds is 4. The van der Waals surface area contributed by atoms with E-state index in [4.69, 9.17) is 9.88 Å². The molecule has 0 amide bonds. The third-order valence-corrected chi connectivity index (χ3v) is 4.44. The fourth-order valence-corrected chi connectivity index (χ4v) is 3.00. The molecule has 1 aromatic rings. The van der Waals surface area contributed by atoms with Crippen LogP contribution in [0.25, 0.3) is 0 Å². The standard InChI is InChI=1S/C14H21NO3S/c1-10(2)13-9-12(19(15,16)17)7-8-14(13)18-11-5-3-4-6-11/h7-11H,3-6H2,1-2H3,(H2,15,16,17). The number of hydrogen-bond donors (Lipinski definition) is 1. The van der Waals surface area contributed by atoms with E-state index in [0.717, 1.165) is 24.2 Å². The van der Waals surface area contributed by atoms with E-state index in [9.17, 15) is 8.42 Å². The van der Waals surface area contributed by atoms with Gasteiger partial charge in [0.2, 0.25) is 10.0 Å². The van der Waals surface area contributed by atoms with Gasteiger partial charge in [-0.3, -0.25) is 0 Å². The van der Waals surface area contributed by atoms with E-state index in [0.29, 0.717) is 0 Å². The van der Waals surface area contributed by atoms with Crippen molar-refractivity contribution < 1.29 is 13.2 Å². The minimum Gasteiger partial charge on any atom is -0.490 e.